The van der Waals surface area contributed by atoms with Gasteiger partial charge in [-0.25, -0.2) is 0 Å². The number of unbranched alkanes of at least 4 members (excludes halogenated alkanes) is 3. The fourth-order valence-corrected chi connectivity index (χ4v) is 4.47. The summed E-state index contributed by atoms with van der Waals surface area (Å²) in [6.45, 7) is 0. The predicted molar refractivity (Wildman–Crippen MR) is 98.3 cm³/mol. The second-order valence-electron chi connectivity index (χ2n) is 7.96. The highest BCUT2D eigenvalue weighted by atomic mass is 16.4. The molecule has 0 saturated heterocycles. The van der Waals surface area contributed by atoms with Crippen molar-refractivity contribution in [2.45, 2.75) is 89.6 Å². The van der Waals surface area contributed by atoms with Gasteiger partial charge in [0, 0.05) is 18.8 Å². The van der Waals surface area contributed by atoms with Crippen LogP contribution in [0.4, 0.5) is 0 Å². The molecule has 0 bridgehead atoms. The van der Waals surface area contributed by atoms with Crippen LogP contribution in [-0.4, -0.2) is 28.1 Å². The van der Waals surface area contributed by atoms with Gasteiger partial charge >= 0.3 is 5.97 Å². The summed E-state index contributed by atoms with van der Waals surface area (Å²) in [5.41, 5.74) is 0. The van der Waals surface area contributed by atoms with E-state index in [1.165, 1.54) is 25.7 Å². The number of carbonyl (C=O) groups is 2. The number of aliphatic hydroxyl groups excluding tert-OH is 1. The van der Waals surface area contributed by atoms with Gasteiger partial charge in [-0.15, -0.1) is 0 Å². The van der Waals surface area contributed by atoms with Crippen molar-refractivity contribution in [2.75, 3.05) is 0 Å². The first-order chi connectivity index (χ1) is 12.1. The standard InChI is InChI=1S/C21H34O4/c22-18(15-16-7-5-6-8-16)13-11-17-12-14-20(23)19(17)9-3-1-2-4-10-21(24)25/h11,13,16-19,22H,1-10,12,14-15H2,(H,24,25)/b13-11+/t17-,18?,19+/m0/s1. The maximum Gasteiger partial charge on any atom is 0.303 e. The Labute approximate surface area is 151 Å². The van der Waals surface area contributed by atoms with E-state index in [0.29, 0.717) is 18.1 Å². The molecule has 0 aromatic rings. The number of allylic oxidation sites excluding steroid dienone is 1. The number of aliphatic hydroxyl groups is 1. The molecule has 1 unspecified atom stereocenters. The summed E-state index contributed by atoms with van der Waals surface area (Å²) in [6.07, 6.45) is 16.0. The molecule has 0 radical (unpaired) electrons. The lowest BCUT2D eigenvalue weighted by molar-refractivity contribution is -0.137. The molecule has 2 aliphatic carbocycles. The molecule has 3 atom stereocenters. The van der Waals surface area contributed by atoms with Crippen molar-refractivity contribution in [2.24, 2.45) is 17.8 Å². The minimum absolute atomic E-state index is 0.106. The maximum absolute atomic E-state index is 12.1. The minimum Gasteiger partial charge on any atom is -0.481 e. The average molecular weight is 350 g/mol. The number of rotatable bonds is 11. The van der Waals surface area contributed by atoms with Gasteiger partial charge in [0.2, 0.25) is 0 Å². The van der Waals surface area contributed by atoms with Gasteiger partial charge in [-0.2, -0.15) is 0 Å². The molecule has 25 heavy (non-hydrogen) atoms. The van der Waals surface area contributed by atoms with E-state index in [1.54, 1.807) is 0 Å². The van der Waals surface area contributed by atoms with Crippen molar-refractivity contribution >= 4 is 11.8 Å². The monoisotopic (exact) mass is 350 g/mol. The van der Waals surface area contributed by atoms with Crippen LogP contribution in [0.2, 0.25) is 0 Å². The molecule has 0 amide bonds. The number of Topliss-reactive ketones (excluding diaryl/α,β-unsaturated/α-hetero) is 1. The van der Waals surface area contributed by atoms with Crippen LogP contribution in [0.3, 0.4) is 0 Å². The van der Waals surface area contributed by atoms with E-state index < -0.39 is 5.97 Å². The Morgan fingerprint density at radius 2 is 1.84 bits per heavy atom. The molecule has 4 heteroatoms. The van der Waals surface area contributed by atoms with Gasteiger partial charge in [0.15, 0.2) is 0 Å². The van der Waals surface area contributed by atoms with Gasteiger partial charge < -0.3 is 10.2 Å². The van der Waals surface area contributed by atoms with Crippen LogP contribution in [0.5, 0.6) is 0 Å². The topological polar surface area (TPSA) is 74.6 Å². The molecule has 2 N–H and O–H groups in total. The molecule has 0 heterocycles. The summed E-state index contributed by atoms with van der Waals surface area (Å²) in [7, 11) is 0. The second-order valence-corrected chi connectivity index (χ2v) is 7.96. The molecule has 0 aromatic heterocycles. The summed E-state index contributed by atoms with van der Waals surface area (Å²) in [4.78, 5) is 22.6. The van der Waals surface area contributed by atoms with E-state index in [-0.39, 0.29) is 24.4 Å². The Morgan fingerprint density at radius 1 is 1.12 bits per heavy atom. The average Bonchev–Trinajstić information content (AvgIpc) is 3.19. The lowest BCUT2D eigenvalue weighted by atomic mass is 9.89. The summed E-state index contributed by atoms with van der Waals surface area (Å²) in [6, 6.07) is 0. The third-order valence-corrected chi connectivity index (χ3v) is 5.94. The van der Waals surface area contributed by atoms with Crippen LogP contribution < -0.4 is 0 Å². The fourth-order valence-electron chi connectivity index (χ4n) is 4.47. The number of hydrogen-bond acceptors (Lipinski definition) is 3. The number of carboxylic acids is 1. The molecule has 4 nitrogen and oxygen atoms in total. The van der Waals surface area contributed by atoms with Gasteiger partial charge in [-0.05, 0) is 37.5 Å². The third kappa shape index (κ3) is 7.31. The van der Waals surface area contributed by atoms with E-state index in [4.69, 9.17) is 5.11 Å². The molecule has 2 fully saturated rings. The summed E-state index contributed by atoms with van der Waals surface area (Å²) in [5, 5.41) is 18.9. The van der Waals surface area contributed by atoms with Gasteiger partial charge in [-0.3, -0.25) is 9.59 Å². The van der Waals surface area contributed by atoms with Gasteiger partial charge in [0.05, 0.1) is 6.10 Å². The molecule has 2 rings (SSSR count). The summed E-state index contributed by atoms with van der Waals surface area (Å²) in [5.74, 6) is 0.698. The number of carboxylic acid groups (broad SMARTS) is 1. The number of ketones is 1. The zero-order valence-electron chi connectivity index (χ0n) is 15.4. The Bertz CT molecular complexity index is 451. The molecular weight excluding hydrogens is 316 g/mol. The zero-order chi connectivity index (χ0) is 18.1. The highest BCUT2D eigenvalue weighted by Gasteiger charge is 2.32. The van der Waals surface area contributed by atoms with E-state index in [1.807, 2.05) is 6.08 Å². The highest BCUT2D eigenvalue weighted by Crippen LogP contribution is 2.34. The Morgan fingerprint density at radius 3 is 2.56 bits per heavy atom. The fraction of sp³-hybridized carbons (Fsp3) is 0.810. The normalized spacial score (nSPS) is 25.9. The largest absolute Gasteiger partial charge is 0.481 e. The lowest BCUT2D eigenvalue weighted by Gasteiger charge is -2.16. The van der Waals surface area contributed by atoms with E-state index in [9.17, 15) is 14.7 Å². The van der Waals surface area contributed by atoms with Crippen molar-refractivity contribution in [1.82, 2.24) is 0 Å². The number of carbonyl (C=O) groups excluding carboxylic acids is 1. The summed E-state index contributed by atoms with van der Waals surface area (Å²) < 4.78 is 0. The highest BCUT2D eigenvalue weighted by molar-refractivity contribution is 5.83. The second kappa shape index (κ2) is 10.7. The zero-order valence-corrected chi connectivity index (χ0v) is 15.4. The number of aliphatic carboxylic acids is 1. The van der Waals surface area contributed by atoms with Gasteiger partial charge in [-0.1, -0.05) is 57.1 Å². The van der Waals surface area contributed by atoms with Crippen LogP contribution >= 0.6 is 0 Å². The summed E-state index contributed by atoms with van der Waals surface area (Å²) >= 11 is 0. The van der Waals surface area contributed by atoms with E-state index >= 15 is 0 Å². The first-order valence-electron chi connectivity index (χ1n) is 10.2. The van der Waals surface area contributed by atoms with Crippen molar-refractivity contribution in [1.29, 1.82) is 0 Å². The minimum atomic E-state index is -0.729. The first kappa shape index (κ1) is 20.2. The Kier molecular flexibility index (Phi) is 8.66. The van der Waals surface area contributed by atoms with Crippen molar-refractivity contribution < 1.29 is 19.8 Å². The van der Waals surface area contributed by atoms with Crippen molar-refractivity contribution in [3.05, 3.63) is 12.2 Å². The predicted octanol–water partition coefficient (Wildman–Crippen LogP) is 4.50. The van der Waals surface area contributed by atoms with E-state index in [0.717, 1.165) is 44.9 Å². The molecular formula is C21H34O4. The Balaban J connectivity index is 1.68. The quantitative estimate of drug-likeness (QED) is 0.425. The number of hydrogen-bond donors (Lipinski definition) is 2. The van der Waals surface area contributed by atoms with E-state index in [2.05, 4.69) is 6.08 Å². The first-order valence-corrected chi connectivity index (χ1v) is 10.2. The Hall–Kier alpha value is -1.16. The maximum atomic E-state index is 12.1. The van der Waals surface area contributed by atoms with Crippen LogP contribution in [-0.2, 0) is 9.59 Å². The smallest absolute Gasteiger partial charge is 0.303 e. The molecule has 2 saturated carbocycles. The molecule has 0 aromatic carbocycles. The van der Waals surface area contributed by atoms with Crippen LogP contribution in [0.15, 0.2) is 12.2 Å². The van der Waals surface area contributed by atoms with Gasteiger partial charge in [0.1, 0.15) is 5.78 Å². The van der Waals surface area contributed by atoms with Crippen molar-refractivity contribution in [3.8, 4) is 0 Å². The molecule has 142 valence electrons. The van der Waals surface area contributed by atoms with Gasteiger partial charge in [0.25, 0.3) is 0 Å². The molecule has 2 aliphatic rings. The molecule has 0 spiro atoms. The SMILES string of the molecule is O=C(O)CCCCCC[C@H]1C(=O)CC[C@@H]1/C=C/C(O)CC1CCCC1. The van der Waals surface area contributed by atoms with Crippen LogP contribution in [0, 0.1) is 17.8 Å². The van der Waals surface area contributed by atoms with Crippen LogP contribution in [0.25, 0.3) is 0 Å². The molecule has 0 aliphatic heterocycles. The lowest BCUT2D eigenvalue weighted by Crippen LogP contribution is -2.14. The van der Waals surface area contributed by atoms with Crippen LogP contribution in [0.1, 0.15) is 83.5 Å². The van der Waals surface area contributed by atoms with Crippen molar-refractivity contribution in [3.63, 3.8) is 0 Å². The third-order valence-electron chi connectivity index (χ3n) is 5.94.